The summed E-state index contributed by atoms with van der Waals surface area (Å²) in [7, 11) is 1.52. The van der Waals surface area contributed by atoms with E-state index in [1.807, 2.05) is 12.1 Å². The van der Waals surface area contributed by atoms with Crippen molar-refractivity contribution in [2.75, 3.05) is 7.05 Å². The van der Waals surface area contributed by atoms with E-state index in [4.69, 9.17) is 10.2 Å². The number of oxazole rings is 1. The van der Waals surface area contributed by atoms with Gasteiger partial charge in [-0.1, -0.05) is 6.07 Å². The molecule has 6 nitrogen and oxygen atoms in total. The Labute approximate surface area is 103 Å². The maximum absolute atomic E-state index is 11.3. The van der Waals surface area contributed by atoms with Crippen molar-refractivity contribution in [1.82, 2.24) is 9.88 Å². The summed E-state index contributed by atoms with van der Waals surface area (Å²) in [5, 5.41) is 0. The van der Waals surface area contributed by atoms with Crippen LogP contribution in [0.5, 0.6) is 0 Å². The Hall–Kier alpha value is -2.37. The van der Waals surface area contributed by atoms with Gasteiger partial charge in [-0.3, -0.25) is 9.59 Å². The van der Waals surface area contributed by atoms with Crippen LogP contribution in [0.25, 0.3) is 11.1 Å². The van der Waals surface area contributed by atoms with Gasteiger partial charge in [-0.25, -0.2) is 4.98 Å². The highest BCUT2D eigenvalue weighted by molar-refractivity contribution is 6.34. The molecule has 0 saturated carbocycles. The van der Waals surface area contributed by atoms with Gasteiger partial charge in [-0.2, -0.15) is 0 Å². The van der Waals surface area contributed by atoms with Crippen LogP contribution in [-0.4, -0.2) is 28.7 Å². The minimum atomic E-state index is -0.964. The highest BCUT2D eigenvalue weighted by Crippen LogP contribution is 2.17. The van der Waals surface area contributed by atoms with Gasteiger partial charge in [0.1, 0.15) is 5.52 Å². The van der Waals surface area contributed by atoms with Gasteiger partial charge in [0, 0.05) is 20.5 Å². The summed E-state index contributed by atoms with van der Waals surface area (Å²) in [6.45, 7) is 2.06. The van der Waals surface area contributed by atoms with Crippen molar-refractivity contribution >= 4 is 22.9 Å². The average molecular weight is 247 g/mol. The minimum absolute atomic E-state index is 0.289. The molecule has 2 amide bonds. The first kappa shape index (κ1) is 12.1. The first-order chi connectivity index (χ1) is 8.47. The predicted octanol–water partition coefficient (Wildman–Crippen LogP) is 0.580. The molecule has 0 bridgehead atoms. The van der Waals surface area contributed by atoms with Crippen molar-refractivity contribution in [1.29, 1.82) is 0 Å². The zero-order chi connectivity index (χ0) is 13.3. The van der Waals surface area contributed by atoms with E-state index in [0.717, 1.165) is 11.1 Å². The van der Waals surface area contributed by atoms with E-state index in [1.54, 1.807) is 13.0 Å². The van der Waals surface area contributed by atoms with Gasteiger partial charge in [-0.15, -0.1) is 0 Å². The number of hydrogen-bond donors (Lipinski definition) is 1. The summed E-state index contributed by atoms with van der Waals surface area (Å²) in [5.41, 5.74) is 7.19. The standard InChI is InChI=1S/C12H13N3O3/c1-7-14-9-4-3-8(5-10(9)18-7)6-15(2)12(17)11(13)16/h3-5H,6H2,1-2H3,(H2,13,16). The summed E-state index contributed by atoms with van der Waals surface area (Å²) in [5.74, 6) is -1.10. The summed E-state index contributed by atoms with van der Waals surface area (Å²) >= 11 is 0. The number of carbonyl (C=O) groups excluding carboxylic acids is 2. The number of nitrogens with zero attached hydrogens (tertiary/aromatic N) is 2. The molecule has 0 radical (unpaired) electrons. The number of benzene rings is 1. The largest absolute Gasteiger partial charge is 0.441 e. The number of nitrogens with two attached hydrogens (primary N) is 1. The molecule has 94 valence electrons. The fraction of sp³-hybridized carbons (Fsp3) is 0.250. The molecule has 6 heteroatoms. The monoisotopic (exact) mass is 247 g/mol. The summed E-state index contributed by atoms with van der Waals surface area (Å²) in [6.07, 6.45) is 0. The second-order valence-corrected chi connectivity index (χ2v) is 4.06. The van der Waals surface area contributed by atoms with E-state index < -0.39 is 11.8 Å². The van der Waals surface area contributed by atoms with Crippen LogP contribution in [0.15, 0.2) is 22.6 Å². The molecule has 2 rings (SSSR count). The third kappa shape index (κ3) is 2.32. The quantitative estimate of drug-likeness (QED) is 0.786. The number of aromatic nitrogens is 1. The van der Waals surface area contributed by atoms with Crippen LogP contribution in [0.3, 0.4) is 0 Å². The molecule has 1 aromatic heterocycles. The van der Waals surface area contributed by atoms with Gasteiger partial charge >= 0.3 is 11.8 Å². The Morgan fingerprint density at radius 1 is 1.44 bits per heavy atom. The van der Waals surface area contributed by atoms with Crippen LogP contribution < -0.4 is 5.73 Å². The van der Waals surface area contributed by atoms with Crippen LogP contribution in [0.2, 0.25) is 0 Å². The SMILES string of the molecule is Cc1nc2ccc(CN(C)C(=O)C(N)=O)cc2o1. The highest BCUT2D eigenvalue weighted by Gasteiger charge is 2.15. The molecule has 0 unspecified atom stereocenters. The van der Waals surface area contributed by atoms with Crippen LogP contribution in [0.1, 0.15) is 11.5 Å². The Morgan fingerprint density at radius 3 is 2.83 bits per heavy atom. The van der Waals surface area contributed by atoms with Crippen LogP contribution >= 0.6 is 0 Å². The van der Waals surface area contributed by atoms with Crippen molar-refractivity contribution in [3.63, 3.8) is 0 Å². The number of rotatable bonds is 2. The van der Waals surface area contributed by atoms with Crippen molar-refractivity contribution in [2.45, 2.75) is 13.5 Å². The lowest BCUT2D eigenvalue weighted by Gasteiger charge is -2.14. The number of carbonyl (C=O) groups is 2. The Bertz CT molecular complexity index is 618. The predicted molar refractivity (Wildman–Crippen MR) is 64.4 cm³/mol. The maximum Gasteiger partial charge on any atom is 0.311 e. The van der Waals surface area contributed by atoms with Crippen molar-refractivity contribution in [3.8, 4) is 0 Å². The van der Waals surface area contributed by atoms with E-state index in [9.17, 15) is 9.59 Å². The topological polar surface area (TPSA) is 89.4 Å². The van der Waals surface area contributed by atoms with E-state index in [2.05, 4.69) is 4.98 Å². The molecule has 2 N–H and O–H groups in total. The third-order valence-electron chi connectivity index (χ3n) is 2.54. The van der Waals surface area contributed by atoms with Crippen LogP contribution in [0.4, 0.5) is 0 Å². The van der Waals surface area contributed by atoms with Gasteiger partial charge in [0.2, 0.25) is 0 Å². The van der Waals surface area contributed by atoms with E-state index in [0.29, 0.717) is 11.5 Å². The molecule has 0 atom stereocenters. The van der Waals surface area contributed by atoms with E-state index in [1.165, 1.54) is 11.9 Å². The van der Waals surface area contributed by atoms with E-state index in [-0.39, 0.29) is 6.54 Å². The van der Waals surface area contributed by atoms with Gasteiger partial charge in [0.05, 0.1) is 0 Å². The lowest BCUT2D eigenvalue weighted by Crippen LogP contribution is -2.37. The average Bonchev–Trinajstić information content (AvgIpc) is 2.67. The Kier molecular flexibility index (Phi) is 3.01. The number of hydrogen-bond acceptors (Lipinski definition) is 4. The van der Waals surface area contributed by atoms with Crippen molar-refractivity contribution < 1.29 is 14.0 Å². The summed E-state index contributed by atoms with van der Waals surface area (Å²) in [4.78, 5) is 27.5. The zero-order valence-corrected chi connectivity index (χ0v) is 10.1. The smallest absolute Gasteiger partial charge is 0.311 e. The van der Waals surface area contributed by atoms with E-state index >= 15 is 0 Å². The molecular formula is C12H13N3O3. The zero-order valence-electron chi connectivity index (χ0n) is 10.1. The van der Waals surface area contributed by atoms with Crippen LogP contribution in [-0.2, 0) is 16.1 Å². The lowest BCUT2D eigenvalue weighted by molar-refractivity contribution is -0.143. The molecule has 1 aromatic carbocycles. The molecule has 0 fully saturated rings. The number of aryl methyl sites for hydroxylation is 1. The van der Waals surface area contributed by atoms with Gasteiger partial charge in [0.25, 0.3) is 0 Å². The second-order valence-electron chi connectivity index (χ2n) is 4.06. The molecule has 0 aliphatic carbocycles. The minimum Gasteiger partial charge on any atom is -0.441 e. The second kappa shape index (κ2) is 4.48. The van der Waals surface area contributed by atoms with Crippen LogP contribution in [0, 0.1) is 6.92 Å². The van der Waals surface area contributed by atoms with Gasteiger partial charge in [-0.05, 0) is 17.7 Å². The first-order valence-corrected chi connectivity index (χ1v) is 5.38. The van der Waals surface area contributed by atoms with Crippen molar-refractivity contribution in [2.24, 2.45) is 5.73 Å². The number of amides is 2. The molecular weight excluding hydrogens is 234 g/mol. The molecule has 0 aliphatic rings. The number of likely N-dealkylation sites (N-methyl/N-ethyl adjacent to an activating group) is 1. The highest BCUT2D eigenvalue weighted by atomic mass is 16.3. The first-order valence-electron chi connectivity index (χ1n) is 5.38. The molecule has 2 aromatic rings. The van der Waals surface area contributed by atoms with Gasteiger partial charge < -0.3 is 15.1 Å². The Morgan fingerprint density at radius 2 is 2.17 bits per heavy atom. The normalized spacial score (nSPS) is 10.6. The molecule has 0 saturated heterocycles. The fourth-order valence-corrected chi connectivity index (χ4v) is 1.72. The Balaban J connectivity index is 2.21. The third-order valence-corrected chi connectivity index (χ3v) is 2.54. The molecule has 0 spiro atoms. The number of primary amides is 1. The molecule has 18 heavy (non-hydrogen) atoms. The fourth-order valence-electron chi connectivity index (χ4n) is 1.72. The number of fused-ring (bicyclic) bond motifs is 1. The maximum atomic E-state index is 11.3. The molecule has 0 aliphatic heterocycles. The summed E-state index contributed by atoms with van der Waals surface area (Å²) < 4.78 is 5.39. The van der Waals surface area contributed by atoms with Crippen molar-refractivity contribution in [3.05, 3.63) is 29.7 Å². The lowest BCUT2D eigenvalue weighted by atomic mass is 10.2. The molecule has 1 heterocycles. The van der Waals surface area contributed by atoms with Gasteiger partial charge in [0.15, 0.2) is 11.5 Å². The summed E-state index contributed by atoms with van der Waals surface area (Å²) in [6, 6.07) is 5.43.